The summed E-state index contributed by atoms with van der Waals surface area (Å²) < 4.78 is 18.5. The molecule has 1 rings (SSSR count). The maximum Gasteiger partial charge on any atom is 0.407 e. The second-order valence-corrected chi connectivity index (χ2v) is 6.13. The van der Waals surface area contributed by atoms with Crippen molar-refractivity contribution < 1.29 is 13.9 Å². The van der Waals surface area contributed by atoms with Crippen LogP contribution in [0.25, 0.3) is 0 Å². The molecule has 3 N–H and O–H groups in total. The molecule has 0 saturated carbocycles. The van der Waals surface area contributed by atoms with Gasteiger partial charge in [-0.2, -0.15) is 0 Å². The fourth-order valence-electron chi connectivity index (χ4n) is 1.74. The highest BCUT2D eigenvalue weighted by molar-refractivity contribution is 5.67. The van der Waals surface area contributed by atoms with Gasteiger partial charge < -0.3 is 15.8 Å². The number of benzene rings is 1. The van der Waals surface area contributed by atoms with Crippen molar-refractivity contribution in [3.8, 4) is 0 Å². The van der Waals surface area contributed by atoms with Crippen LogP contribution in [-0.4, -0.2) is 24.8 Å². The van der Waals surface area contributed by atoms with Crippen LogP contribution in [0.2, 0.25) is 0 Å². The predicted octanol–water partition coefficient (Wildman–Crippen LogP) is 2.57. The van der Waals surface area contributed by atoms with Crippen LogP contribution in [0.5, 0.6) is 0 Å². The van der Waals surface area contributed by atoms with Crippen LogP contribution in [-0.2, 0) is 10.2 Å². The van der Waals surface area contributed by atoms with E-state index in [1.54, 1.807) is 32.9 Å². The largest absolute Gasteiger partial charge is 0.444 e. The van der Waals surface area contributed by atoms with Gasteiger partial charge in [0.15, 0.2) is 0 Å². The fourth-order valence-corrected chi connectivity index (χ4v) is 1.74. The molecule has 0 radical (unpaired) electrons. The van der Waals surface area contributed by atoms with Crippen molar-refractivity contribution in [2.45, 2.75) is 38.7 Å². The summed E-state index contributed by atoms with van der Waals surface area (Å²) in [4.78, 5) is 11.7. The lowest BCUT2D eigenvalue weighted by Crippen LogP contribution is -2.45. The summed E-state index contributed by atoms with van der Waals surface area (Å²) in [6, 6.07) is 6.24. The Bertz CT molecular complexity index is 471. The monoisotopic (exact) mass is 282 g/mol. The summed E-state index contributed by atoms with van der Waals surface area (Å²) in [5.74, 6) is -0.320. The van der Waals surface area contributed by atoms with E-state index in [-0.39, 0.29) is 18.9 Å². The number of alkyl carbamates (subject to hydrolysis) is 1. The van der Waals surface area contributed by atoms with Crippen LogP contribution in [0.4, 0.5) is 9.18 Å². The van der Waals surface area contributed by atoms with Crippen LogP contribution in [0.15, 0.2) is 24.3 Å². The lowest BCUT2D eigenvalue weighted by Gasteiger charge is -2.29. The van der Waals surface area contributed by atoms with Crippen LogP contribution in [0.3, 0.4) is 0 Å². The molecule has 1 unspecified atom stereocenters. The third-order valence-electron chi connectivity index (χ3n) is 2.99. The Morgan fingerprint density at radius 3 is 2.50 bits per heavy atom. The van der Waals surface area contributed by atoms with E-state index in [0.717, 1.165) is 5.56 Å². The Balaban J connectivity index is 2.74. The first-order valence-electron chi connectivity index (χ1n) is 6.59. The molecular weight excluding hydrogens is 259 g/mol. The highest BCUT2D eigenvalue weighted by Crippen LogP contribution is 2.22. The first-order valence-corrected chi connectivity index (χ1v) is 6.59. The summed E-state index contributed by atoms with van der Waals surface area (Å²) in [5, 5.41) is 2.69. The summed E-state index contributed by atoms with van der Waals surface area (Å²) in [6.07, 6.45) is -0.506. The molecule has 0 fully saturated rings. The van der Waals surface area contributed by atoms with E-state index in [2.05, 4.69) is 5.32 Å². The molecule has 0 aromatic heterocycles. The standard InChI is InChI=1S/C15H23FN2O2/c1-14(2,3)20-13(19)18-10-15(4,9-17)11-6-5-7-12(16)8-11/h5-8H,9-10,17H2,1-4H3,(H,18,19). The van der Waals surface area contributed by atoms with Crippen LogP contribution in [0.1, 0.15) is 33.3 Å². The number of hydrogen-bond donors (Lipinski definition) is 2. The van der Waals surface area contributed by atoms with E-state index in [4.69, 9.17) is 10.5 Å². The Hall–Kier alpha value is -1.62. The van der Waals surface area contributed by atoms with Gasteiger partial charge in [-0.05, 0) is 38.5 Å². The number of rotatable bonds is 4. The molecule has 0 heterocycles. The highest BCUT2D eigenvalue weighted by Gasteiger charge is 2.27. The van der Waals surface area contributed by atoms with Gasteiger partial charge in [0.1, 0.15) is 11.4 Å². The van der Waals surface area contributed by atoms with E-state index in [1.165, 1.54) is 12.1 Å². The van der Waals surface area contributed by atoms with Crippen LogP contribution < -0.4 is 11.1 Å². The number of amides is 1. The molecule has 0 aliphatic rings. The lowest BCUT2D eigenvalue weighted by atomic mass is 9.82. The number of hydrogen-bond acceptors (Lipinski definition) is 3. The summed E-state index contributed by atoms with van der Waals surface area (Å²) in [5.41, 5.74) is 5.44. The average Bonchev–Trinajstić information content (AvgIpc) is 2.34. The molecule has 0 aliphatic heterocycles. The molecule has 1 atom stereocenters. The van der Waals surface area contributed by atoms with Gasteiger partial charge in [0.25, 0.3) is 0 Å². The number of nitrogens with two attached hydrogens (primary N) is 1. The fraction of sp³-hybridized carbons (Fsp3) is 0.533. The van der Waals surface area contributed by atoms with E-state index in [0.29, 0.717) is 0 Å². The molecule has 20 heavy (non-hydrogen) atoms. The minimum absolute atomic E-state index is 0.280. The zero-order chi connectivity index (χ0) is 15.4. The Kier molecular flexibility index (Phi) is 5.11. The topological polar surface area (TPSA) is 64.3 Å². The second kappa shape index (κ2) is 6.22. The minimum Gasteiger partial charge on any atom is -0.444 e. The van der Waals surface area contributed by atoms with Crippen molar-refractivity contribution in [1.82, 2.24) is 5.32 Å². The molecule has 112 valence electrons. The molecule has 1 amide bonds. The predicted molar refractivity (Wildman–Crippen MR) is 77.0 cm³/mol. The van der Waals surface area contributed by atoms with Crippen molar-refractivity contribution in [1.29, 1.82) is 0 Å². The molecule has 0 spiro atoms. The summed E-state index contributed by atoms with van der Waals surface area (Å²) >= 11 is 0. The van der Waals surface area contributed by atoms with Gasteiger partial charge in [-0.25, -0.2) is 9.18 Å². The van der Waals surface area contributed by atoms with Crippen molar-refractivity contribution in [2.75, 3.05) is 13.1 Å². The highest BCUT2D eigenvalue weighted by atomic mass is 19.1. The summed E-state index contributed by atoms with van der Waals surface area (Å²) in [6.45, 7) is 7.82. The second-order valence-electron chi connectivity index (χ2n) is 6.13. The maximum atomic E-state index is 13.3. The lowest BCUT2D eigenvalue weighted by molar-refractivity contribution is 0.0516. The van der Waals surface area contributed by atoms with Crippen molar-refractivity contribution in [3.63, 3.8) is 0 Å². The van der Waals surface area contributed by atoms with Gasteiger partial charge >= 0.3 is 6.09 Å². The molecule has 1 aromatic rings. The number of ether oxygens (including phenoxy) is 1. The number of halogens is 1. The number of carbonyl (C=O) groups is 1. The molecular formula is C15H23FN2O2. The first-order chi connectivity index (χ1) is 9.16. The quantitative estimate of drug-likeness (QED) is 0.892. The molecule has 4 nitrogen and oxygen atoms in total. The van der Waals surface area contributed by atoms with Crippen molar-refractivity contribution >= 4 is 6.09 Å². The third kappa shape index (κ3) is 4.81. The van der Waals surface area contributed by atoms with E-state index >= 15 is 0 Å². The van der Waals surface area contributed by atoms with Crippen LogP contribution in [0, 0.1) is 5.82 Å². The van der Waals surface area contributed by atoms with Crippen LogP contribution >= 0.6 is 0 Å². The van der Waals surface area contributed by atoms with Gasteiger partial charge in [0.05, 0.1) is 0 Å². The van der Waals surface area contributed by atoms with Gasteiger partial charge in [0.2, 0.25) is 0 Å². The first kappa shape index (κ1) is 16.4. The molecule has 0 saturated heterocycles. The summed E-state index contributed by atoms with van der Waals surface area (Å²) in [7, 11) is 0. The average molecular weight is 282 g/mol. The van der Waals surface area contributed by atoms with Gasteiger partial charge in [-0.15, -0.1) is 0 Å². The molecule has 0 bridgehead atoms. The maximum absolute atomic E-state index is 13.3. The smallest absolute Gasteiger partial charge is 0.407 e. The van der Waals surface area contributed by atoms with Crippen molar-refractivity contribution in [2.24, 2.45) is 5.73 Å². The zero-order valence-electron chi connectivity index (χ0n) is 12.5. The molecule has 0 aliphatic carbocycles. The van der Waals surface area contributed by atoms with Gasteiger partial charge in [0, 0.05) is 18.5 Å². The Morgan fingerprint density at radius 1 is 1.35 bits per heavy atom. The zero-order valence-corrected chi connectivity index (χ0v) is 12.5. The van der Waals surface area contributed by atoms with Gasteiger partial charge in [-0.1, -0.05) is 19.1 Å². The molecule has 1 aromatic carbocycles. The van der Waals surface area contributed by atoms with Crippen molar-refractivity contribution in [3.05, 3.63) is 35.6 Å². The van der Waals surface area contributed by atoms with Gasteiger partial charge in [-0.3, -0.25) is 0 Å². The Labute approximate surface area is 119 Å². The number of nitrogens with one attached hydrogen (secondary N) is 1. The third-order valence-corrected chi connectivity index (χ3v) is 2.99. The Morgan fingerprint density at radius 2 is 2.00 bits per heavy atom. The minimum atomic E-state index is -0.554. The number of carbonyl (C=O) groups excluding carboxylic acids is 1. The van der Waals surface area contributed by atoms with E-state index in [1.807, 2.05) is 6.92 Å². The normalized spacial score (nSPS) is 14.5. The van der Waals surface area contributed by atoms with E-state index < -0.39 is 17.1 Å². The van der Waals surface area contributed by atoms with E-state index in [9.17, 15) is 9.18 Å². The SMILES string of the molecule is CC(C)(C)OC(=O)NCC(C)(CN)c1cccc(F)c1. The molecule has 5 heteroatoms.